The first-order chi connectivity index (χ1) is 23.3. The number of piperazine rings is 1. The largest absolute Gasteiger partial charge is 0.507 e. The van der Waals surface area contributed by atoms with Gasteiger partial charge in [-0.25, -0.2) is 28.5 Å². The quantitative estimate of drug-likeness (QED) is 0.175. The number of aryl methyl sites for hydroxylation is 1. The highest BCUT2D eigenvalue weighted by molar-refractivity contribution is 6.34. The van der Waals surface area contributed by atoms with E-state index in [0.717, 1.165) is 0 Å². The molecular weight excluding hydrogens is 686 g/mol. The molecule has 0 unspecified atom stereocenters. The minimum Gasteiger partial charge on any atom is -0.507 e. The van der Waals surface area contributed by atoms with E-state index in [-0.39, 0.29) is 51.6 Å². The van der Waals surface area contributed by atoms with Crippen molar-refractivity contribution in [2.45, 2.75) is 58.8 Å². The van der Waals surface area contributed by atoms with Crippen molar-refractivity contribution in [3.63, 3.8) is 0 Å². The molecule has 0 spiro atoms. The molecule has 4 heterocycles. The molecule has 266 valence electrons. The number of phenolic OH excluding ortho intramolecular Hbond substituents is 1. The second-order valence-corrected chi connectivity index (χ2v) is 12.4. The second kappa shape index (κ2) is 14.3. The molecule has 0 saturated carbocycles. The molecule has 1 fully saturated rings. The predicted molar refractivity (Wildman–Crippen MR) is 180 cm³/mol. The highest BCUT2D eigenvalue weighted by Gasteiger charge is 2.38. The van der Waals surface area contributed by atoms with Crippen molar-refractivity contribution in [2.75, 3.05) is 23.7 Å². The van der Waals surface area contributed by atoms with Crippen molar-refractivity contribution >= 4 is 46.1 Å². The Bertz CT molecular complexity index is 2020. The average molecular weight is 720 g/mol. The summed E-state index contributed by atoms with van der Waals surface area (Å²) in [6.07, 6.45) is -3.80. The van der Waals surface area contributed by atoms with E-state index in [4.69, 9.17) is 32.2 Å². The number of carboxylic acids is 1. The molecule has 1 aromatic carbocycles. The van der Waals surface area contributed by atoms with Gasteiger partial charge in [0.25, 0.3) is 0 Å². The fourth-order valence-electron chi connectivity index (χ4n) is 5.92. The minimum atomic E-state index is -5.08. The number of benzene rings is 1. The summed E-state index contributed by atoms with van der Waals surface area (Å²) in [5.41, 5.74) is 7.05. The van der Waals surface area contributed by atoms with E-state index in [1.807, 2.05) is 39.5 Å². The zero-order valence-corrected chi connectivity index (χ0v) is 28.3. The number of hydrogen-bond donors (Lipinski definition) is 3. The van der Waals surface area contributed by atoms with Crippen LogP contribution in [0.2, 0.25) is 5.02 Å². The zero-order chi connectivity index (χ0) is 37.4. The number of carbonyl (C=O) groups is 2. The van der Waals surface area contributed by atoms with Gasteiger partial charge in [0, 0.05) is 25.2 Å². The topological polar surface area (TPSA) is 168 Å². The molecule has 4 aromatic rings. The van der Waals surface area contributed by atoms with Crippen LogP contribution in [-0.4, -0.2) is 77.9 Å². The highest BCUT2D eigenvalue weighted by atomic mass is 35.5. The van der Waals surface area contributed by atoms with E-state index in [0.29, 0.717) is 47.1 Å². The Hall–Kier alpha value is -5.25. The lowest BCUT2D eigenvalue weighted by molar-refractivity contribution is -0.192. The number of halogens is 5. The number of phenols is 1. The molecule has 0 aliphatic carbocycles. The van der Waals surface area contributed by atoms with E-state index in [1.54, 1.807) is 17.0 Å². The number of alkyl halides is 3. The molecule has 5 rings (SSSR count). The normalized spacial score (nSPS) is 16.3. The smallest absolute Gasteiger partial charge is 0.490 e. The van der Waals surface area contributed by atoms with E-state index < -0.39 is 23.7 Å². The van der Waals surface area contributed by atoms with Crippen LogP contribution in [-0.2, 0) is 9.59 Å². The Morgan fingerprint density at radius 2 is 1.72 bits per heavy atom. The summed E-state index contributed by atoms with van der Waals surface area (Å²) < 4.78 is 48.2. The number of aromatic nitrogens is 4. The Morgan fingerprint density at radius 3 is 2.24 bits per heavy atom. The number of amides is 1. The number of nitrogen functional groups attached to an aromatic ring is 1. The standard InChI is InChI=1S/C31H33ClFN7O3.C2HF3O2/c1-7-24(42)39-17(5)13-38(14-18(39)6)29-19-12-20(32)27(25-21(33)9-8-10-22(25)41)36-30(19)40(31(43)37-29)28-16(4)11-23(34)35-26(28)15(2)3;3-2(4,5)1(6)7/h7-12,15,17-18,41H,1,13-14H2,2-6H3,(H2,34,35);(H,6,7)/t17-,18+;. The number of aliphatic carboxylic acids is 1. The molecule has 4 N–H and O–H groups in total. The molecule has 17 heteroatoms. The number of aromatic hydroxyl groups is 1. The monoisotopic (exact) mass is 719 g/mol. The third kappa shape index (κ3) is 7.34. The van der Waals surface area contributed by atoms with Gasteiger partial charge in [0.2, 0.25) is 5.91 Å². The minimum absolute atomic E-state index is 0.0367. The number of carboxylic acid groups (broad SMARTS) is 1. The van der Waals surface area contributed by atoms with Crippen molar-refractivity contribution in [3.05, 3.63) is 75.6 Å². The van der Waals surface area contributed by atoms with Crippen LogP contribution in [0.3, 0.4) is 0 Å². The first-order valence-electron chi connectivity index (χ1n) is 15.2. The van der Waals surface area contributed by atoms with Gasteiger partial charge in [0.15, 0.2) is 5.65 Å². The van der Waals surface area contributed by atoms with Crippen LogP contribution in [0.4, 0.5) is 29.2 Å². The van der Waals surface area contributed by atoms with Crippen LogP contribution in [0.25, 0.3) is 28.0 Å². The van der Waals surface area contributed by atoms with Crippen molar-refractivity contribution in [2.24, 2.45) is 0 Å². The van der Waals surface area contributed by atoms with Crippen molar-refractivity contribution < 1.29 is 37.4 Å². The lowest BCUT2D eigenvalue weighted by atomic mass is 10.0. The van der Waals surface area contributed by atoms with Gasteiger partial charge in [0.1, 0.15) is 23.2 Å². The number of hydrogen-bond acceptors (Lipinski definition) is 9. The number of anilines is 2. The van der Waals surface area contributed by atoms with Gasteiger partial charge < -0.3 is 25.7 Å². The van der Waals surface area contributed by atoms with E-state index in [9.17, 15) is 27.9 Å². The summed E-state index contributed by atoms with van der Waals surface area (Å²) in [5, 5.41) is 18.2. The first kappa shape index (κ1) is 37.6. The number of fused-ring (bicyclic) bond motifs is 1. The third-order valence-electron chi connectivity index (χ3n) is 7.92. The Labute approximate surface area is 288 Å². The Balaban J connectivity index is 0.000000727. The lowest BCUT2D eigenvalue weighted by Crippen LogP contribution is -2.58. The van der Waals surface area contributed by atoms with Crippen LogP contribution in [0.1, 0.15) is 44.9 Å². The molecule has 1 saturated heterocycles. The molecule has 2 atom stereocenters. The molecular formula is C33H34ClF4N7O5. The van der Waals surface area contributed by atoms with Gasteiger partial charge in [-0.15, -0.1) is 0 Å². The molecule has 1 aliphatic rings. The Morgan fingerprint density at radius 1 is 1.12 bits per heavy atom. The number of pyridine rings is 2. The zero-order valence-electron chi connectivity index (χ0n) is 27.6. The maximum atomic E-state index is 15.1. The second-order valence-electron chi connectivity index (χ2n) is 12.0. The summed E-state index contributed by atoms with van der Waals surface area (Å²) in [6, 6.07) is 6.70. The SMILES string of the molecule is C=CC(=O)N1[C@H](C)CN(c2nc(=O)n(-c3c(C)cc(N)nc3C(C)C)c3nc(-c4c(O)cccc4F)c(Cl)cc23)C[C@@H]1C.O=C(O)C(F)(F)F. The predicted octanol–water partition coefficient (Wildman–Crippen LogP) is 5.60. The van der Waals surface area contributed by atoms with Crippen molar-refractivity contribution in [1.29, 1.82) is 0 Å². The van der Waals surface area contributed by atoms with Crippen LogP contribution in [0, 0.1) is 12.7 Å². The number of nitrogens with zero attached hydrogens (tertiary/aromatic N) is 6. The molecule has 12 nitrogen and oxygen atoms in total. The average Bonchev–Trinajstić information content (AvgIpc) is 3.00. The lowest BCUT2D eigenvalue weighted by Gasteiger charge is -2.44. The number of rotatable bonds is 5. The van der Waals surface area contributed by atoms with Crippen LogP contribution < -0.4 is 16.3 Å². The van der Waals surface area contributed by atoms with Crippen LogP contribution in [0.5, 0.6) is 5.75 Å². The molecule has 1 aliphatic heterocycles. The fourth-order valence-corrected chi connectivity index (χ4v) is 6.16. The van der Waals surface area contributed by atoms with E-state index in [1.165, 1.54) is 28.8 Å². The summed E-state index contributed by atoms with van der Waals surface area (Å²) in [5.74, 6) is -3.52. The van der Waals surface area contributed by atoms with Gasteiger partial charge >= 0.3 is 17.8 Å². The summed E-state index contributed by atoms with van der Waals surface area (Å²) in [4.78, 5) is 53.0. The van der Waals surface area contributed by atoms with Crippen molar-refractivity contribution in [3.8, 4) is 22.7 Å². The molecule has 0 bridgehead atoms. The summed E-state index contributed by atoms with van der Waals surface area (Å²) in [7, 11) is 0. The van der Waals surface area contributed by atoms with Crippen LogP contribution in [0.15, 0.2) is 47.8 Å². The fraction of sp³-hybridized carbons (Fsp3) is 0.333. The van der Waals surface area contributed by atoms with Gasteiger partial charge in [0.05, 0.1) is 33.0 Å². The highest BCUT2D eigenvalue weighted by Crippen LogP contribution is 2.39. The maximum Gasteiger partial charge on any atom is 0.490 e. The van der Waals surface area contributed by atoms with Gasteiger partial charge in [-0.3, -0.25) is 4.79 Å². The van der Waals surface area contributed by atoms with Crippen molar-refractivity contribution in [1.82, 2.24) is 24.4 Å². The summed E-state index contributed by atoms with van der Waals surface area (Å²) >= 11 is 6.74. The summed E-state index contributed by atoms with van der Waals surface area (Å²) in [6.45, 7) is 13.9. The number of nitrogens with two attached hydrogens (primary N) is 1. The van der Waals surface area contributed by atoms with Crippen LogP contribution >= 0.6 is 11.6 Å². The van der Waals surface area contributed by atoms with E-state index in [2.05, 4.69) is 16.5 Å². The number of carbonyl (C=O) groups excluding carboxylic acids is 1. The van der Waals surface area contributed by atoms with E-state index >= 15 is 4.39 Å². The molecule has 0 radical (unpaired) electrons. The first-order valence-corrected chi connectivity index (χ1v) is 15.5. The van der Waals surface area contributed by atoms with Gasteiger partial charge in [-0.05, 0) is 62.6 Å². The molecule has 50 heavy (non-hydrogen) atoms. The maximum absolute atomic E-state index is 15.1. The van der Waals surface area contributed by atoms with Gasteiger partial charge in [-0.1, -0.05) is 38.1 Å². The molecule has 3 aromatic heterocycles. The van der Waals surface area contributed by atoms with Gasteiger partial charge in [-0.2, -0.15) is 18.2 Å². The third-order valence-corrected chi connectivity index (χ3v) is 8.21. The Kier molecular flexibility index (Phi) is 10.8. The molecule has 1 amide bonds.